The quantitative estimate of drug-likeness (QED) is 0.884. The Bertz CT molecular complexity index is 596. The molecule has 0 aliphatic carbocycles. The third-order valence-electron chi connectivity index (χ3n) is 2.29. The van der Waals surface area contributed by atoms with Crippen LogP contribution in [0.3, 0.4) is 0 Å². The maximum absolute atomic E-state index is 12.6. The number of hydrogen-bond donors (Lipinski definition) is 2. The zero-order valence-corrected chi connectivity index (χ0v) is 10.8. The molecule has 1 aromatic carbocycles. The molecule has 4 nitrogen and oxygen atoms in total. The average Bonchev–Trinajstić information content (AvgIpc) is 2.80. The molecule has 0 radical (unpaired) electrons. The fourth-order valence-corrected chi connectivity index (χ4v) is 1.82. The van der Waals surface area contributed by atoms with Crippen LogP contribution < -0.4 is 5.32 Å². The molecule has 100 valence electrons. The van der Waals surface area contributed by atoms with Crippen LogP contribution in [0.1, 0.15) is 15.9 Å². The molecule has 8 heteroatoms. The number of halogens is 4. The lowest BCUT2D eigenvalue weighted by Crippen LogP contribution is -2.14. The first-order chi connectivity index (χ1) is 8.88. The van der Waals surface area contributed by atoms with Crippen LogP contribution >= 0.6 is 15.9 Å². The lowest BCUT2D eigenvalue weighted by molar-refractivity contribution is -0.137. The lowest BCUT2D eigenvalue weighted by Gasteiger charge is -2.10. The van der Waals surface area contributed by atoms with Gasteiger partial charge in [0.25, 0.3) is 5.91 Å². The highest BCUT2D eigenvalue weighted by molar-refractivity contribution is 9.10. The van der Waals surface area contributed by atoms with Gasteiger partial charge in [0.15, 0.2) is 0 Å². The fourth-order valence-electron chi connectivity index (χ4n) is 1.39. The number of benzene rings is 1. The van der Waals surface area contributed by atoms with E-state index in [1.54, 1.807) is 0 Å². The van der Waals surface area contributed by atoms with Crippen molar-refractivity contribution < 1.29 is 18.0 Å². The van der Waals surface area contributed by atoms with E-state index in [0.717, 1.165) is 12.1 Å². The van der Waals surface area contributed by atoms with Crippen molar-refractivity contribution in [2.45, 2.75) is 6.18 Å². The van der Waals surface area contributed by atoms with Gasteiger partial charge in [-0.05, 0) is 34.1 Å². The zero-order chi connectivity index (χ0) is 14.0. The van der Waals surface area contributed by atoms with E-state index in [1.165, 1.54) is 18.5 Å². The number of nitrogens with zero attached hydrogens (tertiary/aromatic N) is 1. The van der Waals surface area contributed by atoms with Gasteiger partial charge in [-0.3, -0.25) is 9.89 Å². The first-order valence-electron chi connectivity index (χ1n) is 5.05. The minimum atomic E-state index is -4.49. The van der Waals surface area contributed by atoms with Crippen LogP contribution in [0.25, 0.3) is 0 Å². The summed E-state index contributed by atoms with van der Waals surface area (Å²) in [7, 11) is 0. The van der Waals surface area contributed by atoms with E-state index in [4.69, 9.17) is 0 Å². The Hall–Kier alpha value is -1.83. The number of amides is 1. The second-order valence-electron chi connectivity index (χ2n) is 3.63. The van der Waals surface area contributed by atoms with Crippen molar-refractivity contribution in [3.05, 3.63) is 46.2 Å². The van der Waals surface area contributed by atoms with Crippen LogP contribution in [0, 0.1) is 0 Å². The van der Waals surface area contributed by atoms with Crippen molar-refractivity contribution in [1.82, 2.24) is 10.2 Å². The normalized spacial score (nSPS) is 11.4. The Morgan fingerprint density at radius 3 is 2.68 bits per heavy atom. The van der Waals surface area contributed by atoms with Crippen LogP contribution in [0.15, 0.2) is 35.1 Å². The number of carbonyl (C=O) groups is 1. The molecule has 2 rings (SSSR count). The van der Waals surface area contributed by atoms with Crippen molar-refractivity contribution >= 4 is 27.5 Å². The largest absolute Gasteiger partial charge is 0.416 e. The molecule has 0 saturated carbocycles. The summed E-state index contributed by atoms with van der Waals surface area (Å²) in [5, 5.41) is 8.52. The summed E-state index contributed by atoms with van der Waals surface area (Å²) in [6.45, 7) is 0. The minimum absolute atomic E-state index is 0.101. The van der Waals surface area contributed by atoms with Gasteiger partial charge in [0, 0.05) is 10.7 Å². The smallest absolute Gasteiger partial charge is 0.319 e. The second-order valence-corrected chi connectivity index (χ2v) is 4.49. The number of aromatic nitrogens is 2. The molecule has 2 N–H and O–H groups in total. The lowest BCUT2D eigenvalue weighted by atomic mass is 10.1. The summed E-state index contributed by atoms with van der Waals surface area (Å²) < 4.78 is 38.0. The SMILES string of the molecule is O=C(Nc1cn[nH]c1)c1cc(C(F)(F)F)ccc1Br. The van der Waals surface area contributed by atoms with E-state index in [9.17, 15) is 18.0 Å². The molecule has 0 saturated heterocycles. The third-order valence-corrected chi connectivity index (χ3v) is 2.99. The molecule has 0 fully saturated rings. The average molecular weight is 334 g/mol. The number of hydrogen-bond acceptors (Lipinski definition) is 2. The van der Waals surface area contributed by atoms with E-state index in [1.807, 2.05) is 0 Å². The minimum Gasteiger partial charge on any atom is -0.319 e. The van der Waals surface area contributed by atoms with Crippen LogP contribution in [0.5, 0.6) is 0 Å². The van der Waals surface area contributed by atoms with Gasteiger partial charge in [-0.2, -0.15) is 18.3 Å². The van der Waals surface area contributed by atoms with Gasteiger partial charge in [-0.1, -0.05) is 0 Å². The molecule has 0 bridgehead atoms. The number of rotatable bonds is 2. The molecule has 1 heterocycles. The monoisotopic (exact) mass is 333 g/mol. The number of aromatic amines is 1. The standard InChI is InChI=1S/C11H7BrF3N3O/c12-9-2-1-6(11(13,14)15)3-8(9)10(19)18-7-4-16-17-5-7/h1-5H,(H,16,17)(H,18,19). The maximum atomic E-state index is 12.6. The first-order valence-corrected chi connectivity index (χ1v) is 5.84. The van der Waals surface area contributed by atoms with Gasteiger partial charge in [0.2, 0.25) is 0 Å². The van der Waals surface area contributed by atoms with E-state index in [-0.39, 0.29) is 10.0 Å². The molecule has 0 spiro atoms. The highest BCUT2D eigenvalue weighted by Gasteiger charge is 2.31. The van der Waals surface area contributed by atoms with Crippen molar-refractivity contribution in [1.29, 1.82) is 0 Å². The summed E-state index contributed by atoms with van der Waals surface area (Å²) in [5.74, 6) is -0.653. The van der Waals surface area contributed by atoms with E-state index < -0.39 is 17.6 Å². The Labute approximate surface area is 114 Å². The molecular formula is C11H7BrF3N3O. The summed E-state index contributed by atoms with van der Waals surface area (Å²) in [6, 6.07) is 2.88. The summed E-state index contributed by atoms with van der Waals surface area (Å²) >= 11 is 3.05. The highest BCUT2D eigenvalue weighted by atomic mass is 79.9. The molecule has 19 heavy (non-hydrogen) atoms. The van der Waals surface area contributed by atoms with Gasteiger partial charge >= 0.3 is 6.18 Å². The molecule has 0 atom stereocenters. The van der Waals surface area contributed by atoms with Crippen molar-refractivity contribution in [3.63, 3.8) is 0 Å². The number of nitrogens with one attached hydrogen (secondary N) is 2. The molecule has 1 aromatic heterocycles. The van der Waals surface area contributed by atoms with E-state index in [0.29, 0.717) is 5.69 Å². The number of alkyl halides is 3. The van der Waals surface area contributed by atoms with Crippen LogP contribution in [-0.2, 0) is 6.18 Å². The highest BCUT2D eigenvalue weighted by Crippen LogP contribution is 2.32. The van der Waals surface area contributed by atoms with Crippen LogP contribution in [-0.4, -0.2) is 16.1 Å². The van der Waals surface area contributed by atoms with E-state index >= 15 is 0 Å². The maximum Gasteiger partial charge on any atom is 0.416 e. The van der Waals surface area contributed by atoms with Gasteiger partial charge in [-0.25, -0.2) is 0 Å². The predicted octanol–water partition coefficient (Wildman–Crippen LogP) is 3.44. The van der Waals surface area contributed by atoms with Crippen LogP contribution in [0.2, 0.25) is 0 Å². The Morgan fingerprint density at radius 1 is 1.37 bits per heavy atom. The summed E-state index contributed by atoms with van der Waals surface area (Å²) in [5.41, 5.74) is -0.613. The topological polar surface area (TPSA) is 57.8 Å². The van der Waals surface area contributed by atoms with Gasteiger partial charge in [0.1, 0.15) is 0 Å². The van der Waals surface area contributed by atoms with Crippen molar-refractivity contribution in [3.8, 4) is 0 Å². The fraction of sp³-hybridized carbons (Fsp3) is 0.0909. The van der Waals surface area contributed by atoms with Gasteiger partial charge in [-0.15, -0.1) is 0 Å². The van der Waals surface area contributed by atoms with E-state index in [2.05, 4.69) is 31.4 Å². The zero-order valence-electron chi connectivity index (χ0n) is 9.25. The number of H-pyrrole nitrogens is 1. The number of carbonyl (C=O) groups excluding carboxylic acids is 1. The molecule has 2 aromatic rings. The first kappa shape index (κ1) is 13.6. The molecular weight excluding hydrogens is 327 g/mol. The summed E-state index contributed by atoms with van der Waals surface area (Å²) in [4.78, 5) is 11.9. The van der Waals surface area contributed by atoms with Gasteiger partial charge < -0.3 is 5.32 Å². The van der Waals surface area contributed by atoms with Crippen molar-refractivity contribution in [2.24, 2.45) is 0 Å². The Morgan fingerprint density at radius 2 is 2.11 bits per heavy atom. The second kappa shape index (κ2) is 5.04. The summed E-state index contributed by atoms with van der Waals surface area (Å²) in [6.07, 6.45) is -1.73. The molecule has 0 aliphatic heterocycles. The third kappa shape index (κ3) is 3.14. The Balaban J connectivity index is 2.31. The molecule has 0 aliphatic rings. The van der Waals surface area contributed by atoms with Crippen molar-refractivity contribution in [2.75, 3.05) is 5.32 Å². The predicted molar refractivity (Wildman–Crippen MR) is 65.7 cm³/mol. The number of anilines is 1. The molecule has 0 unspecified atom stereocenters. The Kier molecular flexibility index (Phi) is 3.61. The van der Waals surface area contributed by atoms with Gasteiger partial charge in [0.05, 0.1) is 23.0 Å². The van der Waals surface area contributed by atoms with Crippen LogP contribution in [0.4, 0.5) is 18.9 Å². The molecule has 1 amide bonds.